The molecule has 1 N–H and O–H groups in total. The Morgan fingerprint density at radius 2 is 1.90 bits per heavy atom. The predicted octanol–water partition coefficient (Wildman–Crippen LogP) is 4.49. The van der Waals surface area contributed by atoms with E-state index in [1.54, 1.807) is 0 Å². The van der Waals surface area contributed by atoms with Gasteiger partial charge in [-0.2, -0.15) is 0 Å². The second-order valence-corrected chi connectivity index (χ2v) is 5.20. The third-order valence-corrected chi connectivity index (χ3v) is 3.49. The molecule has 3 heteroatoms. The Kier molecular flexibility index (Phi) is 9.05. The number of hydrogen-bond donors (Lipinski definition) is 1. The van der Waals surface area contributed by atoms with Gasteiger partial charge in [-0.05, 0) is 31.5 Å². The number of nitrogens with zero attached hydrogens (tertiary/aromatic N) is 1. The van der Waals surface area contributed by atoms with Crippen LogP contribution in [0, 0.1) is 0 Å². The second-order valence-electron chi connectivity index (χ2n) is 5.20. The molecule has 1 unspecified atom stereocenters. The maximum Gasteiger partial charge on any atom is 0.137 e. The Balaban J connectivity index is 2.31. The quantitative estimate of drug-likeness (QED) is 0.605. The number of unbranched alkanes of at least 4 members (excludes halogenated alkanes) is 4. The molecule has 0 saturated carbocycles. The maximum atomic E-state index is 5.73. The van der Waals surface area contributed by atoms with E-state index in [2.05, 4.69) is 37.1 Å². The number of nitrogens with one attached hydrogen (secondary N) is 1. The van der Waals surface area contributed by atoms with E-state index in [9.17, 15) is 0 Å². The van der Waals surface area contributed by atoms with Gasteiger partial charge in [0.25, 0.3) is 0 Å². The van der Waals surface area contributed by atoms with Crippen LogP contribution >= 0.6 is 0 Å². The van der Waals surface area contributed by atoms with Crippen LogP contribution in [-0.2, 0) is 0 Å². The largest absolute Gasteiger partial charge is 0.492 e. The van der Waals surface area contributed by atoms with Crippen LogP contribution in [0.1, 0.15) is 71.0 Å². The Labute approximate surface area is 124 Å². The summed E-state index contributed by atoms with van der Waals surface area (Å²) in [7, 11) is 0. The smallest absolute Gasteiger partial charge is 0.137 e. The summed E-state index contributed by atoms with van der Waals surface area (Å²) in [6, 6.07) is 4.46. The summed E-state index contributed by atoms with van der Waals surface area (Å²) >= 11 is 0. The minimum Gasteiger partial charge on any atom is -0.492 e. The Morgan fingerprint density at radius 3 is 2.50 bits per heavy atom. The van der Waals surface area contributed by atoms with Crippen LogP contribution in [0.5, 0.6) is 5.75 Å². The third-order valence-electron chi connectivity index (χ3n) is 3.49. The summed E-state index contributed by atoms with van der Waals surface area (Å²) in [5.41, 5.74) is 1.10. The molecule has 1 atom stereocenters. The van der Waals surface area contributed by atoms with Crippen LogP contribution < -0.4 is 10.1 Å². The van der Waals surface area contributed by atoms with Crippen LogP contribution in [0.2, 0.25) is 0 Å². The molecule has 3 nitrogen and oxygen atoms in total. The van der Waals surface area contributed by atoms with Gasteiger partial charge < -0.3 is 10.1 Å². The second kappa shape index (κ2) is 10.7. The number of ether oxygens (including phenoxy) is 1. The highest BCUT2D eigenvalue weighted by molar-refractivity contribution is 5.21. The number of pyridine rings is 1. The van der Waals surface area contributed by atoms with Crippen molar-refractivity contribution >= 4 is 0 Å². The van der Waals surface area contributed by atoms with Crippen molar-refractivity contribution in [2.24, 2.45) is 0 Å². The van der Waals surface area contributed by atoms with Crippen molar-refractivity contribution < 1.29 is 4.74 Å². The van der Waals surface area contributed by atoms with Gasteiger partial charge >= 0.3 is 0 Å². The van der Waals surface area contributed by atoms with E-state index in [4.69, 9.17) is 4.74 Å². The summed E-state index contributed by atoms with van der Waals surface area (Å²) in [5, 5.41) is 3.44. The molecule has 0 aliphatic heterocycles. The first kappa shape index (κ1) is 17.0. The summed E-state index contributed by atoms with van der Waals surface area (Å²) in [4.78, 5) is 4.51. The fourth-order valence-electron chi connectivity index (χ4n) is 2.28. The predicted molar refractivity (Wildman–Crippen MR) is 85.2 cm³/mol. The van der Waals surface area contributed by atoms with Crippen molar-refractivity contribution in [1.82, 2.24) is 10.3 Å². The molecule has 0 spiro atoms. The summed E-state index contributed by atoms with van der Waals surface area (Å²) in [6.07, 6.45) is 9.24. The number of rotatable bonds is 11. The van der Waals surface area contributed by atoms with Crippen molar-refractivity contribution in [3.8, 4) is 5.75 Å². The molecule has 0 radical (unpaired) electrons. The van der Waals surface area contributed by atoms with Crippen molar-refractivity contribution in [3.05, 3.63) is 24.0 Å². The molecule has 20 heavy (non-hydrogen) atoms. The van der Waals surface area contributed by atoms with Crippen LogP contribution in [0.3, 0.4) is 0 Å². The molecule has 0 aliphatic carbocycles. The Bertz CT molecular complexity index is 337. The SMILES string of the molecule is CCCCCCCOc1ccc(C(CC)NCC)nc1. The highest BCUT2D eigenvalue weighted by Gasteiger charge is 2.08. The van der Waals surface area contributed by atoms with Gasteiger partial charge in [-0.3, -0.25) is 4.98 Å². The van der Waals surface area contributed by atoms with Crippen molar-refractivity contribution in [3.63, 3.8) is 0 Å². The highest BCUT2D eigenvalue weighted by Crippen LogP contribution is 2.17. The lowest BCUT2D eigenvalue weighted by molar-refractivity contribution is 0.303. The summed E-state index contributed by atoms with van der Waals surface area (Å²) in [5.74, 6) is 0.885. The van der Waals surface area contributed by atoms with E-state index in [1.165, 1.54) is 25.7 Å². The topological polar surface area (TPSA) is 34.1 Å². The molecule has 1 rings (SSSR count). The fraction of sp³-hybridized carbons (Fsp3) is 0.706. The molecule has 1 aromatic rings. The molecular weight excluding hydrogens is 248 g/mol. The lowest BCUT2D eigenvalue weighted by Gasteiger charge is -2.15. The van der Waals surface area contributed by atoms with E-state index in [1.807, 2.05) is 12.3 Å². The summed E-state index contributed by atoms with van der Waals surface area (Å²) in [6.45, 7) is 8.31. The van der Waals surface area contributed by atoms with Crippen LogP contribution in [0.15, 0.2) is 18.3 Å². The zero-order chi connectivity index (χ0) is 14.6. The molecule has 0 fully saturated rings. The zero-order valence-corrected chi connectivity index (χ0v) is 13.3. The van der Waals surface area contributed by atoms with Gasteiger partial charge in [0.15, 0.2) is 0 Å². The van der Waals surface area contributed by atoms with Gasteiger partial charge in [-0.25, -0.2) is 0 Å². The van der Waals surface area contributed by atoms with Gasteiger partial charge in [-0.15, -0.1) is 0 Å². The van der Waals surface area contributed by atoms with Crippen LogP contribution in [0.25, 0.3) is 0 Å². The third kappa shape index (κ3) is 6.38. The van der Waals surface area contributed by atoms with E-state index >= 15 is 0 Å². The van der Waals surface area contributed by atoms with Gasteiger partial charge in [0.2, 0.25) is 0 Å². The first-order chi connectivity index (χ1) is 9.81. The van der Waals surface area contributed by atoms with Gasteiger partial charge in [0.1, 0.15) is 5.75 Å². The zero-order valence-electron chi connectivity index (χ0n) is 13.3. The minimum absolute atomic E-state index is 0.350. The molecule has 0 aliphatic rings. The Morgan fingerprint density at radius 1 is 1.10 bits per heavy atom. The van der Waals surface area contributed by atoms with E-state index in [0.29, 0.717) is 6.04 Å². The van der Waals surface area contributed by atoms with E-state index in [0.717, 1.165) is 37.4 Å². The normalized spacial score (nSPS) is 12.3. The van der Waals surface area contributed by atoms with Crippen molar-refractivity contribution in [1.29, 1.82) is 0 Å². The van der Waals surface area contributed by atoms with Crippen molar-refractivity contribution in [2.75, 3.05) is 13.2 Å². The molecule has 1 heterocycles. The molecule has 0 saturated heterocycles. The highest BCUT2D eigenvalue weighted by atomic mass is 16.5. The minimum atomic E-state index is 0.350. The van der Waals surface area contributed by atoms with E-state index < -0.39 is 0 Å². The Hall–Kier alpha value is -1.09. The standard InChI is InChI=1S/C17H30N2O/c1-4-7-8-9-10-13-20-15-11-12-17(19-14-15)16(5-2)18-6-3/h11-12,14,16,18H,4-10,13H2,1-3H3. The molecule has 0 amide bonds. The fourth-order valence-corrected chi connectivity index (χ4v) is 2.28. The van der Waals surface area contributed by atoms with Gasteiger partial charge in [0.05, 0.1) is 18.5 Å². The molecule has 0 bridgehead atoms. The lowest BCUT2D eigenvalue weighted by atomic mass is 10.1. The number of hydrogen-bond acceptors (Lipinski definition) is 3. The summed E-state index contributed by atoms with van der Waals surface area (Å²) < 4.78 is 5.73. The first-order valence-corrected chi connectivity index (χ1v) is 8.13. The first-order valence-electron chi connectivity index (χ1n) is 8.13. The van der Waals surface area contributed by atoms with Crippen LogP contribution in [-0.4, -0.2) is 18.1 Å². The van der Waals surface area contributed by atoms with Gasteiger partial charge in [0, 0.05) is 6.04 Å². The number of aromatic nitrogens is 1. The molecule has 0 aromatic carbocycles. The van der Waals surface area contributed by atoms with Crippen molar-refractivity contribution in [2.45, 2.75) is 65.3 Å². The monoisotopic (exact) mass is 278 g/mol. The average molecular weight is 278 g/mol. The molecule has 1 aromatic heterocycles. The molecular formula is C17H30N2O. The van der Waals surface area contributed by atoms with Crippen LogP contribution in [0.4, 0.5) is 0 Å². The van der Waals surface area contributed by atoms with Gasteiger partial charge in [-0.1, -0.05) is 46.5 Å². The lowest BCUT2D eigenvalue weighted by Crippen LogP contribution is -2.20. The van der Waals surface area contributed by atoms with E-state index in [-0.39, 0.29) is 0 Å². The average Bonchev–Trinajstić information content (AvgIpc) is 2.49. The molecule has 114 valence electrons. The maximum absolute atomic E-state index is 5.73.